The van der Waals surface area contributed by atoms with Crippen LogP contribution in [0.15, 0.2) is 65.9 Å². The van der Waals surface area contributed by atoms with E-state index in [1.807, 2.05) is 43.0 Å². The van der Waals surface area contributed by atoms with Gasteiger partial charge in [0.25, 0.3) is 0 Å². The van der Waals surface area contributed by atoms with Crippen LogP contribution in [0.2, 0.25) is 0 Å². The Balaban J connectivity index is 1.23. The van der Waals surface area contributed by atoms with Crippen molar-refractivity contribution >= 4 is 24.3 Å². The molecule has 2 aromatic carbocycles. The molecule has 2 aromatic heterocycles. The summed E-state index contributed by atoms with van der Waals surface area (Å²) in [5.41, 5.74) is 5.67. The first-order valence-electron chi connectivity index (χ1n) is 18.6. The Morgan fingerprint density at radius 3 is 2.07 bits per heavy atom. The van der Waals surface area contributed by atoms with Crippen LogP contribution in [-0.2, 0) is 33.6 Å². The van der Waals surface area contributed by atoms with Crippen molar-refractivity contribution in [3.63, 3.8) is 0 Å². The summed E-state index contributed by atoms with van der Waals surface area (Å²) in [5.74, 6) is 0.881. The van der Waals surface area contributed by atoms with Crippen LogP contribution in [0, 0.1) is 5.92 Å². The number of ether oxygens (including phenoxy) is 3. The number of hydrogen-bond donors (Lipinski definition) is 4. The number of amides is 3. The fraction of sp³-hybridized carbons (Fsp3) is 0.450. The maximum absolute atomic E-state index is 13.5. The fourth-order valence-electron chi connectivity index (χ4n) is 6.63. The molecule has 16 nitrogen and oxygen atoms in total. The van der Waals surface area contributed by atoms with Gasteiger partial charge >= 0.3 is 6.09 Å². The molecule has 56 heavy (non-hydrogen) atoms. The normalized spacial score (nSPS) is 15.8. The maximum Gasteiger partial charge on any atom is 0.407 e. The van der Waals surface area contributed by atoms with E-state index in [1.54, 1.807) is 19.5 Å². The average molecular weight is 773 g/mol. The van der Waals surface area contributed by atoms with Crippen LogP contribution in [0.1, 0.15) is 63.3 Å². The number of carbonyl (C=O) groups is 3. The number of aliphatic imine (C=N–C) groups is 1. The minimum atomic E-state index is -0.828. The molecule has 3 heterocycles. The second-order valence-electron chi connectivity index (χ2n) is 13.7. The maximum atomic E-state index is 13.5. The van der Waals surface area contributed by atoms with Crippen LogP contribution in [0.5, 0.6) is 0 Å². The Kier molecular flexibility index (Phi) is 15.1. The summed E-state index contributed by atoms with van der Waals surface area (Å²) in [5, 5.41) is 5.60. The third-order valence-corrected chi connectivity index (χ3v) is 9.69. The second kappa shape index (κ2) is 20.4. The van der Waals surface area contributed by atoms with E-state index in [1.165, 1.54) is 21.3 Å². The Morgan fingerprint density at radius 1 is 0.857 bits per heavy atom. The quantitative estimate of drug-likeness (QED) is 0.0416. The number of aromatic nitrogens is 4. The van der Waals surface area contributed by atoms with E-state index in [-0.39, 0.29) is 36.8 Å². The smallest absolute Gasteiger partial charge is 0.407 e. The first-order valence-corrected chi connectivity index (χ1v) is 18.6. The van der Waals surface area contributed by atoms with Gasteiger partial charge in [0, 0.05) is 46.8 Å². The van der Waals surface area contributed by atoms with Crippen LogP contribution >= 0.6 is 0 Å². The summed E-state index contributed by atoms with van der Waals surface area (Å²) in [6.07, 6.45) is 6.37. The number of carbonyl (C=O) groups excluding carboxylic acids is 3. The predicted octanol–water partition coefficient (Wildman–Crippen LogP) is 5.38. The summed E-state index contributed by atoms with van der Waals surface area (Å²) in [4.78, 5) is 70.2. The van der Waals surface area contributed by atoms with Gasteiger partial charge in [-0.3, -0.25) is 9.59 Å². The van der Waals surface area contributed by atoms with Gasteiger partial charge in [-0.2, -0.15) is 4.89 Å². The molecule has 1 saturated heterocycles. The van der Waals surface area contributed by atoms with Crippen molar-refractivity contribution in [1.82, 2.24) is 35.5 Å². The van der Waals surface area contributed by atoms with Gasteiger partial charge in [0.2, 0.25) is 18.2 Å². The molecule has 0 aliphatic carbocycles. The van der Waals surface area contributed by atoms with Crippen molar-refractivity contribution in [3.8, 4) is 33.6 Å². The zero-order valence-corrected chi connectivity index (χ0v) is 32.7. The number of imidazole rings is 2. The van der Waals surface area contributed by atoms with E-state index in [4.69, 9.17) is 19.1 Å². The lowest BCUT2D eigenvalue weighted by Gasteiger charge is -2.26. The molecule has 0 unspecified atom stereocenters. The largest absolute Gasteiger partial charge is 0.453 e. The van der Waals surface area contributed by atoms with Gasteiger partial charge in [-0.1, -0.05) is 62.4 Å². The van der Waals surface area contributed by atoms with Crippen molar-refractivity contribution < 1.29 is 38.4 Å². The molecule has 1 aliphatic rings. The number of rotatable bonds is 19. The van der Waals surface area contributed by atoms with E-state index < -0.39 is 24.2 Å². The van der Waals surface area contributed by atoms with Crippen LogP contribution in [0.4, 0.5) is 4.79 Å². The third kappa shape index (κ3) is 10.6. The van der Waals surface area contributed by atoms with Gasteiger partial charge in [0.05, 0.1) is 50.1 Å². The van der Waals surface area contributed by atoms with Gasteiger partial charge in [-0.15, -0.1) is 0 Å². The van der Waals surface area contributed by atoms with Crippen molar-refractivity contribution in [3.05, 3.63) is 72.6 Å². The fourth-order valence-corrected chi connectivity index (χ4v) is 6.63. The monoisotopic (exact) mass is 772 g/mol. The van der Waals surface area contributed by atoms with Gasteiger partial charge in [-0.05, 0) is 41.0 Å². The van der Waals surface area contributed by atoms with E-state index in [0.29, 0.717) is 25.4 Å². The molecule has 300 valence electrons. The number of nitrogens with one attached hydrogen (secondary N) is 4. The second-order valence-corrected chi connectivity index (χ2v) is 13.7. The van der Waals surface area contributed by atoms with E-state index >= 15 is 0 Å². The molecule has 4 atom stereocenters. The summed E-state index contributed by atoms with van der Waals surface area (Å²) in [6.45, 7) is 5.26. The summed E-state index contributed by atoms with van der Waals surface area (Å²) in [7, 11) is 5.75. The van der Waals surface area contributed by atoms with Crippen LogP contribution in [0.25, 0.3) is 33.6 Å². The molecule has 4 N–H and O–H groups in total. The van der Waals surface area contributed by atoms with Gasteiger partial charge < -0.3 is 44.6 Å². The van der Waals surface area contributed by atoms with Crippen molar-refractivity contribution in [2.24, 2.45) is 10.9 Å². The topological polar surface area (TPSA) is 194 Å². The highest BCUT2D eigenvalue weighted by Crippen LogP contribution is 2.33. The van der Waals surface area contributed by atoms with Gasteiger partial charge in [0.1, 0.15) is 23.7 Å². The molecule has 4 aromatic rings. The minimum absolute atomic E-state index is 0.00549. The predicted molar refractivity (Wildman–Crippen MR) is 209 cm³/mol. The molecule has 0 bridgehead atoms. The number of likely N-dealkylation sites (tertiary alicyclic amines) is 1. The number of nitrogens with zero attached hydrogens (tertiary/aromatic N) is 4. The lowest BCUT2D eigenvalue weighted by molar-refractivity contribution is -0.188. The molecular weight excluding hydrogens is 720 g/mol. The Morgan fingerprint density at radius 2 is 1.46 bits per heavy atom. The molecule has 0 saturated carbocycles. The highest BCUT2D eigenvalue weighted by Gasteiger charge is 2.35. The van der Waals surface area contributed by atoms with E-state index in [2.05, 4.69) is 64.7 Å². The molecule has 0 radical (unpaired) electrons. The zero-order chi connectivity index (χ0) is 40.0. The van der Waals surface area contributed by atoms with Gasteiger partial charge in [0.15, 0.2) is 0 Å². The summed E-state index contributed by atoms with van der Waals surface area (Å²) < 4.78 is 15.0. The van der Waals surface area contributed by atoms with Crippen molar-refractivity contribution in [2.45, 2.75) is 63.7 Å². The molecule has 1 aliphatic heterocycles. The molecular formula is C40H52N8O8. The molecule has 1 fully saturated rings. The number of aromatic amines is 2. The summed E-state index contributed by atoms with van der Waals surface area (Å²) >= 11 is 0. The Bertz CT molecular complexity index is 1890. The Labute approximate surface area is 326 Å². The first-order chi connectivity index (χ1) is 27.2. The van der Waals surface area contributed by atoms with Gasteiger partial charge in [-0.25, -0.2) is 19.8 Å². The lowest BCUT2D eigenvalue weighted by atomic mass is 10.0. The molecule has 16 heteroatoms. The SMILES string of the molecule is COCC[C@H](N=COOC)C(=O)N1CCC[C@H]1c1ncc(-c2ccc(-c3ccc(-c4cnc([C@@H](NC(=O)[C@H](CCOC)NC(=O)OC)C(C)C)[nH]4)cc3)cc2)[nH]1. The molecule has 5 rings (SSSR count). The van der Waals surface area contributed by atoms with E-state index in [0.717, 1.165) is 58.7 Å². The van der Waals surface area contributed by atoms with Crippen molar-refractivity contribution in [2.75, 3.05) is 48.2 Å². The highest BCUT2D eigenvalue weighted by molar-refractivity contribution is 5.86. The lowest BCUT2D eigenvalue weighted by Crippen LogP contribution is -2.49. The number of alkyl carbamates (subject to hydrolysis) is 1. The number of benzene rings is 2. The number of hydrogen-bond acceptors (Lipinski definition) is 11. The summed E-state index contributed by atoms with van der Waals surface area (Å²) in [6, 6.07) is 14.3. The van der Waals surface area contributed by atoms with E-state index in [9.17, 15) is 14.4 Å². The first kappa shape index (κ1) is 41.6. The highest BCUT2D eigenvalue weighted by atomic mass is 17.2. The number of methoxy groups -OCH3 is 3. The molecule has 3 amide bonds. The number of H-pyrrole nitrogens is 2. The van der Waals surface area contributed by atoms with Crippen LogP contribution in [-0.4, -0.2) is 109 Å². The third-order valence-electron chi connectivity index (χ3n) is 9.69. The Hall–Kier alpha value is -5.58. The zero-order valence-electron chi connectivity index (χ0n) is 32.7. The van der Waals surface area contributed by atoms with Crippen molar-refractivity contribution in [1.29, 1.82) is 0 Å². The standard InChI is InChI=1S/C40H52N8O8/c1-25(2)35(47-38(49)30(17-20-52-3)46-40(51)54-5)37-42-23-33(45-37)29-15-11-27(12-16-29)26-9-13-28(14-10-26)32-22-41-36(44-32)34-8-7-19-48(34)39(50)31(18-21-53-4)43-24-56-55-6/h9-16,22-25,30-31,34-35H,7-8,17-21H2,1-6H3,(H,41,44)(H,42,45)(H,46,51)(H,47,49)/t30-,31-,34-,35-/m0/s1. The van der Waals surface area contributed by atoms with Crippen LogP contribution in [0.3, 0.4) is 0 Å². The molecule has 0 spiro atoms. The average Bonchev–Trinajstić information content (AvgIpc) is 4.01. The van der Waals surface area contributed by atoms with Crippen LogP contribution < -0.4 is 10.6 Å². The minimum Gasteiger partial charge on any atom is -0.453 e.